The molecule has 3 heteroatoms. The number of halogens is 1. The number of aliphatic hydroxyl groups excluding tert-OH is 1. The van der Waals surface area contributed by atoms with Crippen LogP contribution in [0.2, 0.25) is 0 Å². The summed E-state index contributed by atoms with van der Waals surface area (Å²) < 4.78 is 0. The van der Waals surface area contributed by atoms with E-state index in [-0.39, 0.29) is 23.9 Å². The minimum absolute atomic E-state index is 0. The molecule has 2 aromatic carbocycles. The van der Waals surface area contributed by atoms with Gasteiger partial charge >= 0.3 is 0 Å². The van der Waals surface area contributed by atoms with Gasteiger partial charge in [0.05, 0.1) is 6.10 Å². The quantitative estimate of drug-likeness (QED) is 0.885. The Kier molecular flexibility index (Phi) is 4.77. The summed E-state index contributed by atoms with van der Waals surface area (Å²) in [4.78, 5) is 0. The molecule has 0 spiro atoms. The van der Waals surface area contributed by atoms with Crippen LogP contribution in [0.15, 0.2) is 60.7 Å². The van der Waals surface area contributed by atoms with Gasteiger partial charge in [0.2, 0.25) is 0 Å². The Bertz CT molecular complexity index is 591. The van der Waals surface area contributed by atoms with Gasteiger partial charge in [-0.25, -0.2) is 0 Å². The van der Waals surface area contributed by atoms with Crippen molar-refractivity contribution in [1.82, 2.24) is 5.32 Å². The van der Waals surface area contributed by atoms with Crippen molar-refractivity contribution in [2.45, 2.75) is 24.4 Å². The van der Waals surface area contributed by atoms with E-state index in [1.165, 1.54) is 11.1 Å². The molecule has 1 heterocycles. The second kappa shape index (κ2) is 6.64. The average Bonchev–Trinajstić information content (AvgIpc) is 3.08. The molecule has 0 aromatic heterocycles. The molecule has 2 nitrogen and oxygen atoms in total. The molecule has 2 aliphatic rings. The fraction of sp³-hybridized carbons (Fsp3) is 0.400. The molecule has 0 amide bonds. The zero-order valence-electron chi connectivity index (χ0n) is 13.2. The molecule has 122 valence electrons. The predicted molar refractivity (Wildman–Crippen MR) is 96.0 cm³/mol. The SMILES string of the molecule is Cl.OC1CCC(c2ccccc2)(c2ccccc2)C2CNCC12. The van der Waals surface area contributed by atoms with Gasteiger partial charge in [-0.1, -0.05) is 60.7 Å². The van der Waals surface area contributed by atoms with Crippen molar-refractivity contribution in [1.29, 1.82) is 0 Å². The summed E-state index contributed by atoms with van der Waals surface area (Å²) >= 11 is 0. The number of hydrogen-bond acceptors (Lipinski definition) is 2. The van der Waals surface area contributed by atoms with E-state index < -0.39 is 0 Å². The van der Waals surface area contributed by atoms with Gasteiger partial charge < -0.3 is 10.4 Å². The highest BCUT2D eigenvalue weighted by molar-refractivity contribution is 5.85. The highest BCUT2D eigenvalue weighted by Gasteiger charge is 2.52. The molecule has 3 unspecified atom stereocenters. The molecular formula is C20H24ClNO. The zero-order valence-corrected chi connectivity index (χ0v) is 14.0. The molecule has 1 aliphatic heterocycles. The first-order valence-corrected chi connectivity index (χ1v) is 8.32. The molecule has 1 saturated carbocycles. The summed E-state index contributed by atoms with van der Waals surface area (Å²) in [7, 11) is 0. The molecule has 2 fully saturated rings. The van der Waals surface area contributed by atoms with Gasteiger partial charge in [0.1, 0.15) is 0 Å². The van der Waals surface area contributed by atoms with Crippen molar-refractivity contribution < 1.29 is 5.11 Å². The Morgan fingerprint density at radius 1 is 0.870 bits per heavy atom. The predicted octanol–water partition coefficient (Wildman–Crippen LogP) is 3.38. The number of fused-ring (bicyclic) bond motifs is 1. The standard InChI is InChI=1S/C20H23NO.ClH/c22-19-11-12-20(15-7-3-1-4-8-15,16-9-5-2-6-10-16)18-14-21-13-17(18)19;/h1-10,17-19,21-22H,11-14H2;1H. The minimum Gasteiger partial charge on any atom is -0.393 e. The minimum atomic E-state index is -0.166. The van der Waals surface area contributed by atoms with E-state index in [1.807, 2.05) is 0 Å². The number of aliphatic hydroxyl groups is 1. The third kappa shape index (κ3) is 2.59. The van der Waals surface area contributed by atoms with Gasteiger partial charge in [-0.15, -0.1) is 12.4 Å². The summed E-state index contributed by atoms with van der Waals surface area (Å²) in [6.45, 7) is 1.93. The molecular weight excluding hydrogens is 306 g/mol. The van der Waals surface area contributed by atoms with Crippen LogP contribution in [0, 0.1) is 11.8 Å². The lowest BCUT2D eigenvalue weighted by molar-refractivity contribution is 0.0238. The van der Waals surface area contributed by atoms with Crippen LogP contribution in [0.1, 0.15) is 24.0 Å². The number of hydrogen-bond donors (Lipinski definition) is 2. The molecule has 0 bridgehead atoms. The van der Waals surface area contributed by atoms with Crippen LogP contribution in [0.3, 0.4) is 0 Å². The van der Waals surface area contributed by atoms with Crippen LogP contribution in [0.5, 0.6) is 0 Å². The molecule has 1 saturated heterocycles. The van der Waals surface area contributed by atoms with Crippen molar-refractivity contribution in [3.8, 4) is 0 Å². The zero-order chi connectivity index (χ0) is 15.0. The summed E-state index contributed by atoms with van der Waals surface area (Å²) in [5, 5.41) is 14.0. The lowest BCUT2D eigenvalue weighted by Crippen LogP contribution is -2.48. The second-order valence-electron chi connectivity index (χ2n) is 6.74. The van der Waals surface area contributed by atoms with Gasteiger partial charge in [-0.2, -0.15) is 0 Å². The third-order valence-electron chi connectivity index (χ3n) is 5.80. The van der Waals surface area contributed by atoms with E-state index in [4.69, 9.17) is 0 Å². The Balaban J connectivity index is 0.00000156. The van der Waals surface area contributed by atoms with E-state index in [0.29, 0.717) is 11.8 Å². The fourth-order valence-electron chi connectivity index (χ4n) is 4.77. The molecule has 23 heavy (non-hydrogen) atoms. The molecule has 2 N–H and O–H groups in total. The third-order valence-corrected chi connectivity index (χ3v) is 5.80. The van der Waals surface area contributed by atoms with Gasteiger partial charge in [0, 0.05) is 17.9 Å². The smallest absolute Gasteiger partial charge is 0.0584 e. The summed E-state index contributed by atoms with van der Waals surface area (Å²) in [6.07, 6.45) is 1.73. The first-order valence-electron chi connectivity index (χ1n) is 8.32. The van der Waals surface area contributed by atoms with Crippen LogP contribution in [-0.4, -0.2) is 24.3 Å². The summed E-state index contributed by atoms with van der Waals surface area (Å²) in [6, 6.07) is 21.8. The number of nitrogens with one attached hydrogen (secondary N) is 1. The Hall–Kier alpha value is -1.35. The van der Waals surface area contributed by atoms with Gasteiger partial charge in [0.25, 0.3) is 0 Å². The Morgan fingerprint density at radius 3 is 2.00 bits per heavy atom. The second-order valence-corrected chi connectivity index (χ2v) is 6.74. The van der Waals surface area contributed by atoms with Crippen molar-refractivity contribution in [3.05, 3.63) is 71.8 Å². The fourth-order valence-corrected chi connectivity index (χ4v) is 4.77. The highest BCUT2D eigenvalue weighted by atomic mass is 35.5. The van der Waals surface area contributed by atoms with Crippen LogP contribution in [0.25, 0.3) is 0 Å². The maximum atomic E-state index is 10.5. The monoisotopic (exact) mass is 329 g/mol. The Morgan fingerprint density at radius 2 is 1.43 bits per heavy atom. The Labute approximate surface area is 144 Å². The van der Waals surface area contributed by atoms with Crippen molar-refractivity contribution in [2.75, 3.05) is 13.1 Å². The number of rotatable bonds is 2. The maximum absolute atomic E-state index is 10.5. The van der Waals surface area contributed by atoms with E-state index in [1.54, 1.807) is 0 Å². The molecule has 2 aromatic rings. The number of benzene rings is 2. The maximum Gasteiger partial charge on any atom is 0.0584 e. The molecule has 1 aliphatic carbocycles. The average molecular weight is 330 g/mol. The van der Waals surface area contributed by atoms with Crippen LogP contribution in [-0.2, 0) is 5.41 Å². The first kappa shape index (κ1) is 16.5. The van der Waals surface area contributed by atoms with Gasteiger partial charge in [-0.3, -0.25) is 0 Å². The van der Waals surface area contributed by atoms with Crippen LogP contribution in [0.4, 0.5) is 0 Å². The largest absolute Gasteiger partial charge is 0.393 e. The molecule has 3 atom stereocenters. The van der Waals surface area contributed by atoms with Crippen LogP contribution >= 0.6 is 12.4 Å². The van der Waals surface area contributed by atoms with E-state index in [9.17, 15) is 5.11 Å². The lowest BCUT2D eigenvalue weighted by Gasteiger charge is -2.48. The van der Waals surface area contributed by atoms with Gasteiger partial charge in [0.15, 0.2) is 0 Å². The topological polar surface area (TPSA) is 32.3 Å². The first-order chi connectivity index (χ1) is 10.8. The lowest BCUT2D eigenvalue weighted by atomic mass is 9.56. The normalized spacial score (nSPS) is 28.7. The highest BCUT2D eigenvalue weighted by Crippen LogP contribution is 2.51. The summed E-state index contributed by atoms with van der Waals surface area (Å²) in [5.74, 6) is 0.815. The van der Waals surface area contributed by atoms with Gasteiger partial charge in [-0.05, 0) is 36.4 Å². The van der Waals surface area contributed by atoms with Crippen molar-refractivity contribution in [2.24, 2.45) is 11.8 Å². The van der Waals surface area contributed by atoms with E-state index in [0.717, 1.165) is 25.9 Å². The van der Waals surface area contributed by atoms with Crippen molar-refractivity contribution in [3.63, 3.8) is 0 Å². The van der Waals surface area contributed by atoms with E-state index in [2.05, 4.69) is 66.0 Å². The molecule has 0 radical (unpaired) electrons. The molecule has 4 rings (SSSR count). The van der Waals surface area contributed by atoms with E-state index >= 15 is 0 Å². The summed E-state index contributed by atoms with van der Waals surface area (Å²) in [5.41, 5.74) is 2.81. The van der Waals surface area contributed by atoms with Crippen molar-refractivity contribution >= 4 is 12.4 Å². The van der Waals surface area contributed by atoms with Crippen LogP contribution < -0.4 is 5.32 Å².